The van der Waals surface area contributed by atoms with Gasteiger partial charge in [0.1, 0.15) is 30.0 Å². The van der Waals surface area contributed by atoms with Crippen molar-refractivity contribution in [2.45, 2.75) is 117 Å². The van der Waals surface area contributed by atoms with Gasteiger partial charge in [-0.1, -0.05) is 98.8 Å². The number of nitrogens with zero attached hydrogens (tertiary/aromatic N) is 5. The molecule has 2 aliphatic heterocycles. The zero-order valence-corrected chi connectivity index (χ0v) is 40.5. The van der Waals surface area contributed by atoms with Crippen LogP contribution in [0.2, 0.25) is 0 Å². The summed E-state index contributed by atoms with van der Waals surface area (Å²) >= 11 is 0. The van der Waals surface area contributed by atoms with Crippen molar-refractivity contribution in [1.82, 2.24) is 19.6 Å². The molecule has 0 aromatic heterocycles. The highest BCUT2D eigenvalue weighted by Gasteiger charge is 2.41. The third-order valence-corrected chi connectivity index (χ3v) is 13.5. The van der Waals surface area contributed by atoms with E-state index in [-0.39, 0.29) is 41.5 Å². The fourth-order valence-electron chi connectivity index (χ4n) is 10.0. The fraction of sp³-hybridized carbons (Fsp3) is 0.393. The smallest absolute Gasteiger partial charge is 0.247 e. The third-order valence-electron chi connectivity index (χ3n) is 13.5. The minimum absolute atomic E-state index is 0.0535. The lowest BCUT2D eigenvalue weighted by Gasteiger charge is -2.37. The normalized spacial score (nSPS) is 16.9. The number of hydrogen-bond donors (Lipinski definition) is 2. The summed E-state index contributed by atoms with van der Waals surface area (Å²) in [7, 11) is 0. The van der Waals surface area contributed by atoms with Crippen LogP contribution in [0.4, 0.5) is 21.5 Å². The summed E-state index contributed by atoms with van der Waals surface area (Å²) in [5.74, 6) is -0.836. The molecule has 4 amide bonds. The molecule has 2 aliphatic rings. The molecule has 11 nitrogen and oxygen atoms in total. The summed E-state index contributed by atoms with van der Waals surface area (Å²) in [6.45, 7) is 15.9. The number of likely N-dealkylation sites (tertiary alicyclic amines) is 2. The zero-order valence-electron chi connectivity index (χ0n) is 40.5. The summed E-state index contributed by atoms with van der Waals surface area (Å²) in [6, 6.07) is 39.6. The second kappa shape index (κ2) is 23.1. The maximum atomic E-state index is 14.3. The molecule has 2 saturated heterocycles. The van der Waals surface area contributed by atoms with Crippen LogP contribution in [0.1, 0.15) is 102 Å². The van der Waals surface area contributed by atoms with Gasteiger partial charge in [0.2, 0.25) is 23.6 Å². The van der Waals surface area contributed by atoms with Gasteiger partial charge >= 0.3 is 0 Å². The second-order valence-electron chi connectivity index (χ2n) is 18.6. The Labute approximate surface area is 402 Å². The van der Waals surface area contributed by atoms with Gasteiger partial charge in [0, 0.05) is 55.3 Å². The Morgan fingerprint density at radius 2 is 0.941 bits per heavy atom. The van der Waals surface area contributed by atoms with E-state index in [4.69, 9.17) is 0 Å². The lowest BCUT2D eigenvalue weighted by Crippen LogP contribution is -2.50. The molecular formula is C56H68FN7O4. The maximum absolute atomic E-state index is 14.3. The molecule has 0 spiro atoms. The number of carbonyl (C=O) groups is 4. The van der Waals surface area contributed by atoms with Gasteiger partial charge in [-0.15, -0.1) is 0 Å². The molecule has 0 saturated carbocycles. The first-order chi connectivity index (χ1) is 32.9. The first-order valence-electron chi connectivity index (χ1n) is 24.4. The van der Waals surface area contributed by atoms with E-state index in [0.29, 0.717) is 63.5 Å². The van der Waals surface area contributed by atoms with Crippen LogP contribution >= 0.6 is 0 Å². The summed E-state index contributed by atoms with van der Waals surface area (Å²) in [5.41, 5.74) is 5.91. The monoisotopic (exact) mass is 922 g/mol. The first-order valence-corrected chi connectivity index (χ1v) is 24.4. The molecule has 68 heavy (non-hydrogen) atoms. The van der Waals surface area contributed by atoms with E-state index in [0.717, 1.165) is 40.8 Å². The number of rotatable bonds is 19. The Kier molecular flexibility index (Phi) is 16.8. The predicted octanol–water partition coefficient (Wildman–Crippen LogP) is 9.83. The minimum Gasteiger partial charge on any atom is -0.363 e. The van der Waals surface area contributed by atoms with E-state index in [2.05, 4.69) is 66.9 Å². The molecule has 358 valence electrons. The molecule has 1 unspecified atom stereocenters. The maximum Gasteiger partial charge on any atom is 0.247 e. The molecule has 0 aliphatic carbocycles. The van der Waals surface area contributed by atoms with Crippen LogP contribution in [0.3, 0.4) is 0 Å². The Bertz CT molecular complexity index is 2280. The number of anilines is 3. The van der Waals surface area contributed by atoms with Crippen molar-refractivity contribution >= 4 is 40.7 Å². The highest BCUT2D eigenvalue weighted by Crippen LogP contribution is 2.32. The number of halogens is 1. The van der Waals surface area contributed by atoms with Gasteiger partial charge in [-0.3, -0.25) is 29.0 Å². The van der Waals surface area contributed by atoms with Crippen molar-refractivity contribution in [3.63, 3.8) is 0 Å². The summed E-state index contributed by atoms with van der Waals surface area (Å²) in [6.07, 6.45) is 2.69. The molecule has 12 heteroatoms. The lowest BCUT2D eigenvalue weighted by atomic mass is 10.0. The van der Waals surface area contributed by atoms with Crippen molar-refractivity contribution in [2.75, 3.05) is 41.7 Å². The molecule has 5 aromatic rings. The van der Waals surface area contributed by atoms with Crippen molar-refractivity contribution in [3.8, 4) is 0 Å². The van der Waals surface area contributed by atoms with Gasteiger partial charge in [-0.05, 0) is 137 Å². The van der Waals surface area contributed by atoms with E-state index >= 15 is 0 Å². The summed E-state index contributed by atoms with van der Waals surface area (Å²) in [4.78, 5) is 66.4. The quantitative estimate of drug-likeness (QED) is 0.0850. The van der Waals surface area contributed by atoms with Gasteiger partial charge < -0.3 is 25.3 Å². The van der Waals surface area contributed by atoms with Gasteiger partial charge in [0.25, 0.3) is 0 Å². The van der Waals surface area contributed by atoms with E-state index in [1.807, 2.05) is 109 Å². The average Bonchev–Trinajstić information content (AvgIpc) is 4.05. The molecule has 2 heterocycles. The Hall–Kier alpha value is -6.37. The molecule has 0 radical (unpaired) electrons. The number of benzene rings is 5. The van der Waals surface area contributed by atoms with Gasteiger partial charge in [0.05, 0.1) is 0 Å². The summed E-state index contributed by atoms with van der Waals surface area (Å²) in [5, 5.41) is 6.17. The number of nitrogens with one attached hydrogen (secondary N) is 2. The lowest BCUT2D eigenvalue weighted by molar-refractivity contribution is -0.142. The van der Waals surface area contributed by atoms with Crippen molar-refractivity contribution in [2.24, 2.45) is 0 Å². The van der Waals surface area contributed by atoms with Crippen LogP contribution in [0.25, 0.3) is 0 Å². The molecule has 2 N–H and O–H groups in total. The van der Waals surface area contributed by atoms with Crippen LogP contribution in [-0.4, -0.2) is 93.6 Å². The molecule has 7 rings (SSSR count). The zero-order chi connectivity index (χ0) is 48.3. The minimum atomic E-state index is -0.575. The summed E-state index contributed by atoms with van der Waals surface area (Å²) < 4.78 is 14.1. The topological polar surface area (TPSA) is 109 Å². The second-order valence-corrected chi connectivity index (χ2v) is 18.6. The molecule has 2 fully saturated rings. The number of hydrogen-bond acceptors (Lipinski definition) is 7. The van der Waals surface area contributed by atoms with Crippen LogP contribution in [0.5, 0.6) is 0 Å². The van der Waals surface area contributed by atoms with E-state index in [1.54, 1.807) is 21.9 Å². The highest BCUT2D eigenvalue weighted by molar-refractivity contribution is 5.99. The Balaban J connectivity index is 0.997. The van der Waals surface area contributed by atoms with Crippen LogP contribution in [-0.2, 0) is 32.3 Å². The SMILES string of the molecule is CCN(C(C)C)[C@@H](C(=O)N1CCCC1C(=O)Nc1ccc(CN(Cc2ccc(NC(=O)[C@@H]3CCCN3C(=O)[C@@H](c3ccccc3)N(CC)C(C)C)cc2)c2ccc(F)cc2)cc1)c1ccccc1. The fourth-order valence-corrected chi connectivity index (χ4v) is 10.0. The van der Waals surface area contributed by atoms with Crippen LogP contribution < -0.4 is 15.5 Å². The number of carbonyl (C=O) groups excluding carboxylic acids is 4. The van der Waals surface area contributed by atoms with Gasteiger partial charge in [-0.2, -0.15) is 0 Å². The number of amides is 4. The van der Waals surface area contributed by atoms with Crippen molar-refractivity contribution in [3.05, 3.63) is 162 Å². The third kappa shape index (κ3) is 11.8. The van der Waals surface area contributed by atoms with E-state index in [9.17, 15) is 23.6 Å². The van der Waals surface area contributed by atoms with Crippen molar-refractivity contribution in [1.29, 1.82) is 0 Å². The molecular weight excluding hydrogens is 854 g/mol. The van der Waals surface area contributed by atoms with E-state index < -0.39 is 24.2 Å². The largest absolute Gasteiger partial charge is 0.363 e. The Morgan fingerprint density at radius 3 is 1.29 bits per heavy atom. The van der Waals surface area contributed by atoms with Crippen molar-refractivity contribution < 1.29 is 23.6 Å². The number of likely N-dealkylation sites (N-methyl/N-ethyl adjacent to an activating group) is 2. The van der Waals surface area contributed by atoms with Crippen LogP contribution in [0.15, 0.2) is 133 Å². The molecule has 5 aromatic carbocycles. The molecule has 0 bridgehead atoms. The van der Waals surface area contributed by atoms with Crippen LogP contribution in [0, 0.1) is 5.82 Å². The predicted molar refractivity (Wildman–Crippen MR) is 269 cm³/mol. The average molecular weight is 922 g/mol. The van der Waals surface area contributed by atoms with Gasteiger partial charge in [0.15, 0.2) is 0 Å². The highest BCUT2D eigenvalue weighted by atomic mass is 19.1. The molecule has 4 atom stereocenters. The first kappa shape index (κ1) is 49.5. The Morgan fingerprint density at radius 1 is 0.559 bits per heavy atom. The van der Waals surface area contributed by atoms with E-state index in [1.165, 1.54) is 12.1 Å². The van der Waals surface area contributed by atoms with Gasteiger partial charge in [-0.25, -0.2) is 4.39 Å². The standard InChI is InChI=1S/C56H68FN7O4/c1-7-61(39(3)4)51(43-17-11-9-12-18-43)55(67)63-35-15-21-49(63)53(65)58-46-29-23-41(24-30-46)37-60(48-33-27-45(57)28-34-48)38-42-25-31-47(32-26-42)59-54(66)50-22-16-36-64(50)56(68)52(62(8-2)40(5)6)44-19-13-10-14-20-44/h9-14,17-20,23-34,39-40,49-52H,7-8,15-16,21-22,35-38H2,1-6H3,(H,58,65)(H,59,66)/t49-,50?,51+,52+/m0/s1.